The van der Waals surface area contributed by atoms with Crippen molar-refractivity contribution in [3.63, 3.8) is 0 Å². The van der Waals surface area contributed by atoms with Gasteiger partial charge in [0.05, 0.1) is 13.0 Å². The van der Waals surface area contributed by atoms with Crippen LogP contribution < -0.4 is 4.74 Å². The van der Waals surface area contributed by atoms with Gasteiger partial charge < -0.3 is 9.47 Å². The van der Waals surface area contributed by atoms with Crippen LogP contribution in [0.3, 0.4) is 0 Å². The van der Waals surface area contributed by atoms with Gasteiger partial charge in [0, 0.05) is 5.56 Å². The molecule has 2 aromatic rings. The molecule has 5 heteroatoms. The van der Waals surface area contributed by atoms with Crippen molar-refractivity contribution >= 4 is 5.97 Å². The summed E-state index contributed by atoms with van der Waals surface area (Å²) in [5.74, 6) is -0.409. The molecule has 2 rings (SSSR count). The summed E-state index contributed by atoms with van der Waals surface area (Å²) in [5.41, 5.74) is 1.61. The van der Waals surface area contributed by atoms with Crippen LogP contribution in [0, 0.1) is 0 Å². The Morgan fingerprint density at radius 2 is 1.70 bits per heavy atom. The van der Waals surface area contributed by atoms with Crippen LogP contribution in [-0.2, 0) is 9.53 Å². The molecule has 1 atom stereocenters. The van der Waals surface area contributed by atoms with Crippen molar-refractivity contribution < 1.29 is 23.0 Å². The van der Waals surface area contributed by atoms with E-state index in [-0.39, 0.29) is 6.61 Å². The summed E-state index contributed by atoms with van der Waals surface area (Å²) in [6.07, 6.45) is -4.70. The third-order valence-electron chi connectivity index (χ3n) is 3.18. The molecule has 0 aliphatic carbocycles. The Balaban J connectivity index is 2.28. The van der Waals surface area contributed by atoms with Crippen molar-refractivity contribution in [1.29, 1.82) is 0 Å². The second-order valence-corrected chi connectivity index (χ2v) is 4.85. The van der Waals surface area contributed by atoms with E-state index in [1.807, 2.05) is 42.5 Å². The lowest BCUT2D eigenvalue weighted by atomic mass is 10.0. The summed E-state index contributed by atoms with van der Waals surface area (Å²) in [6, 6.07) is 16.4. The maximum atomic E-state index is 12.7. The van der Waals surface area contributed by atoms with Crippen molar-refractivity contribution in [3.05, 3.63) is 54.6 Å². The normalized spacial score (nSPS) is 12.0. The summed E-state index contributed by atoms with van der Waals surface area (Å²) < 4.78 is 35.8. The lowest BCUT2D eigenvalue weighted by Gasteiger charge is -2.19. The van der Waals surface area contributed by atoms with Gasteiger partial charge in [0.2, 0.25) is 12.5 Å². The molecule has 0 saturated carbocycles. The van der Waals surface area contributed by atoms with E-state index in [0.29, 0.717) is 5.75 Å². The number of para-hydroxylation sites is 1. The molecule has 0 spiro atoms. The van der Waals surface area contributed by atoms with Crippen LogP contribution in [0.5, 0.6) is 5.75 Å². The van der Waals surface area contributed by atoms with Gasteiger partial charge >= 0.3 is 5.97 Å². The van der Waals surface area contributed by atoms with Gasteiger partial charge in [-0.1, -0.05) is 48.5 Å². The fraction of sp³-hybridized carbons (Fsp3) is 0.278. The summed E-state index contributed by atoms with van der Waals surface area (Å²) in [6.45, 7) is 1.73. The largest absolute Gasteiger partial charge is 0.478 e. The Bertz CT molecular complexity index is 629. The number of rotatable bonds is 7. The first kappa shape index (κ1) is 16.9. The predicted octanol–water partition coefficient (Wildman–Crippen LogP) is 4.32. The van der Waals surface area contributed by atoms with Crippen LogP contribution in [0.2, 0.25) is 0 Å². The van der Waals surface area contributed by atoms with E-state index in [4.69, 9.17) is 9.47 Å². The van der Waals surface area contributed by atoms with Crippen LogP contribution in [0.25, 0.3) is 11.1 Å². The van der Waals surface area contributed by atoms with Gasteiger partial charge in [0.25, 0.3) is 0 Å². The maximum Gasteiger partial charge on any atom is 0.347 e. The minimum absolute atomic E-state index is 0.113. The molecule has 0 aliphatic rings. The number of alkyl halides is 2. The highest BCUT2D eigenvalue weighted by atomic mass is 19.3. The topological polar surface area (TPSA) is 35.5 Å². The van der Waals surface area contributed by atoms with Gasteiger partial charge in [0.15, 0.2) is 0 Å². The van der Waals surface area contributed by atoms with Gasteiger partial charge in [-0.15, -0.1) is 0 Å². The quantitative estimate of drug-likeness (QED) is 0.713. The number of ether oxygens (including phenoxy) is 2. The molecule has 0 radical (unpaired) electrons. The van der Waals surface area contributed by atoms with Crippen LogP contribution in [-0.4, -0.2) is 25.1 Å². The number of carbonyl (C=O) groups is 1. The molecule has 1 unspecified atom stereocenters. The fourth-order valence-electron chi connectivity index (χ4n) is 2.17. The average Bonchev–Trinajstić information content (AvgIpc) is 2.55. The molecule has 0 amide bonds. The second-order valence-electron chi connectivity index (χ2n) is 4.85. The molecule has 122 valence electrons. The van der Waals surface area contributed by atoms with E-state index in [1.54, 1.807) is 19.1 Å². The number of benzene rings is 2. The Morgan fingerprint density at radius 3 is 2.35 bits per heavy atom. The summed E-state index contributed by atoms with van der Waals surface area (Å²) in [5, 5.41) is 0. The molecule has 0 saturated heterocycles. The standard InChI is InChI=1S/C18H18F2O3/c1-2-22-18(21)16(12-17(19)20)23-15-11-7-6-10-14(15)13-8-4-3-5-9-13/h3-11,16-17H,2,12H2,1H3. The Morgan fingerprint density at radius 1 is 1.04 bits per heavy atom. The SMILES string of the molecule is CCOC(=O)C(CC(F)F)Oc1ccccc1-c1ccccc1. The van der Waals surface area contributed by atoms with E-state index in [9.17, 15) is 13.6 Å². The smallest absolute Gasteiger partial charge is 0.347 e. The minimum Gasteiger partial charge on any atom is -0.478 e. The molecule has 0 heterocycles. The first-order valence-corrected chi connectivity index (χ1v) is 7.37. The fourth-order valence-corrected chi connectivity index (χ4v) is 2.17. The molecule has 2 aromatic carbocycles. The lowest BCUT2D eigenvalue weighted by Crippen LogP contribution is -2.31. The van der Waals surface area contributed by atoms with Crippen molar-refractivity contribution in [3.8, 4) is 16.9 Å². The maximum absolute atomic E-state index is 12.7. The van der Waals surface area contributed by atoms with E-state index in [0.717, 1.165) is 11.1 Å². The zero-order valence-electron chi connectivity index (χ0n) is 12.7. The van der Waals surface area contributed by atoms with Crippen LogP contribution in [0.4, 0.5) is 8.78 Å². The molecule has 0 bridgehead atoms. The van der Waals surface area contributed by atoms with E-state index < -0.39 is 24.9 Å². The molecule has 0 fully saturated rings. The number of esters is 1. The van der Waals surface area contributed by atoms with Crippen molar-refractivity contribution in [2.24, 2.45) is 0 Å². The summed E-state index contributed by atoms with van der Waals surface area (Å²) in [7, 11) is 0. The van der Waals surface area contributed by atoms with Gasteiger partial charge in [-0.25, -0.2) is 13.6 Å². The summed E-state index contributed by atoms with van der Waals surface area (Å²) in [4.78, 5) is 11.9. The molecular weight excluding hydrogens is 302 g/mol. The highest BCUT2D eigenvalue weighted by Gasteiger charge is 2.27. The van der Waals surface area contributed by atoms with Crippen LogP contribution in [0.1, 0.15) is 13.3 Å². The van der Waals surface area contributed by atoms with Crippen molar-refractivity contribution in [2.45, 2.75) is 25.9 Å². The zero-order valence-corrected chi connectivity index (χ0v) is 12.7. The van der Waals surface area contributed by atoms with Crippen molar-refractivity contribution in [1.82, 2.24) is 0 Å². The Kier molecular flexibility index (Phi) is 6.09. The first-order valence-electron chi connectivity index (χ1n) is 7.37. The van der Waals surface area contributed by atoms with Gasteiger partial charge in [0.1, 0.15) is 5.75 Å². The van der Waals surface area contributed by atoms with E-state index in [2.05, 4.69) is 0 Å². The Labute approximate surface area is 133 Å². The number of halogens is 2. The van der Waals surface area contributed by atoms with Gasteiger partial charge in [-0.05, 0) is 18.6 Å². The highest BCUT2D eigenvalue weighted by molar-refractivity contribution is 5.76. The molecule has 0 aliphatic heterocycles. The molecule has 0 N–H and O–H groups in total. The van der Waals surface area contributed by atoms with Crippen molar-refractivity contribution in [2.75, 3.05) is 6.61 Å². The first-order chi connectivity index (χ1) is 11.1. The Hall–Kier alpha value is -2.43. The molecule has 23 heavy (non-hydrogen) atoms. The van der Waals surface area contributed by atoms with E-state index >= 15 is 0 Å². The number of hydrogen-bond donors (Lipinski definition) is 0. The average molecular weight is 320 g/mol. The minimum atomic E-state index is -2.66. The second kappa shape index (κ2) is 8.27. The molecule has 0 aromatic heterocycles. The molecular formula is C18H18F2O3. The number of hydrogen-bond acceptors (Lipinski definition) is 3. The van der Waals surface area contributed by atoms with Crippen LogP contribution in [0.15, 0.2) is 54.6 Å². The monoisotopic (exact) mass is 320 g/mol. The van der Waals surface area contributed by atoms with E-state index in [1.165, 1.54) is 0 Å². The predicted molar refractivity (Wildman–Crippen MR) is 83.5 cm³/mol. The lowest BCUT2D eigenvalue weighted by molar-refractivity contribution is -0.153. The van der Waals surface area contributed by atoms with Gasteiger partial charge in [-0.2, -0.15) is 0 Å². The third-order valence-corrected chi connectivity index (χ3v) is 3.18. The third kappa shape index (κ3) is 4.77. The zero-order chi connectivity index (χ0) is 16.7. The molecule has 3 nitrogen and oxygen atoms in total. The van der Waals surface area contributed by atoms with Crippen LogP contribution >= 0.6 is 0 Å². The number of carbonyl (C=O) groups excluding carboxylic acids is 1. The van der Waals surface area contributed by atoms with Gasteiger partial charge in [-0.3, -0.25) is 0 Å². The summed E-state index contributed by atoms with van der Waals surface area (Å²) >= 11 is 0. The highest BCUT2D eigenvalue weighted by Crippen LogP contribution is 2.31.